The number of aryl methyl sites for hydroxylation is 1. The van der Waals surface area contributed by atoms with Gasteiger partial charge in [-0.15, -0.1) is 0 Å². The molecule has 0 N–H and O–H groups in total. The highest BCUT2D eigenvalue weighted by atomic mass is 19.2. The summed E-state index contributed by atoms with van der Waals surface area (Å²) in [5.74, 6) is -1.69. The zero-order chi connectivity index (χ0) is 23.2. The van der Waals surface area contributed by atoms with Gasteiger partial charge in [-0.3, -0.25) is 0 Å². The number of hydrogen-bond acceptors (Lipinski definition) is 3. The van der Waals surface area contributed by atoms with Gasteiger partial charge in [0, 0.05) is 37.4 Å². The Morgan fingerprint density at radius 3 is 2.66 bits per heavy atom. The van der Waals surface area contributed by atoms with E-state index in [1.807, 2.05) is 27.8 Å². The number of nitrogens with zero attached hydrogens (tertiary/aromatic N) is 3. The van der Waals surface area contributed by atoms with Crippen molar-refractivity contribution in [1.82, 2.24) is 14.5 Å². The number of hydrogen-bond donors (Lipinski definition) is 0. The molecule has 170 valence electrons. The second-order valence-corrected chi connectivity index (χ2v) is 9.61. The molecule has 3 aromatic rings. The molecule has 2 aromatic heterocycles. The van der Waals surface area contributed by atoms with E-state index in [0.29, 0.717) is 12.0 Å². The number of aromatic nitrogens is 2. The van der Waals surface area contributed by atoms with Crippen LogP contribution in [-0.4, -0.2) is 39.2 Å². The molecule has 1 atom stereocenters. The quantitative estimate of drug-likeness (QED) is 0.564. The van der Waals surface area contributed by atoms with Crippen LogP contribution in [0.5, 0.6) is 0 Å². The fourth-order valence-electron chi connectivity index (χ4n) is 4.46. The van der Waals surface area contributed by atoms with E-state index in [2.05, 4.69) is 15.6 Å². The Morgan fingerprint density at radius 1 is 1.22 bits per heavy atom. The van der Waals surface area contributed by atoms with Gasteiger partial charge in [0.1, 0.15) is 11.2 Å². The number of ether oxygens (including phenoxy) is 1. The molecule has 1 amide bonds. The third-order valence-corrected chi connectivity index (χ3v) is 6.09. The first-order valence-corrected chi connectivity index (χ1v) is 10.9. The highest BCUT2D eigenvalue weighted by molar-refractivity contribution is 5.83. The van der Waals surface area contributed by atoms with Crippen molar-refractivity contribution in [2.24, 2.45) is 7.05 Å². The molecule has 7 heteroatoms. The van der Waals surface area contributed by atoms with Crippen LogP contribution in [0.3, 0.4) is 0 Å². The van der Waals surface area contributed by atoms with E-state index in [1.165, 1.54) is 17.3 Å². The second kappa shape index (κ2) is 8.19. The monoisotopic (exact) mass is 441 g/mol. The summed E-state index contributed by atoms with van der Waals surface area (Å²) in [5, 5.41) is 1.05. The average molecular weight is 442 g/mol. The standard InChI is InChI=1S/C25H29F2N3O2/c1-25(2,3)32-24(31)29(4)17-7-9-22-18(13-17)19-11-16(14-28-23(19)30(22)5)10-15-6-8-20(26)21(27)12-15/h6,8,11-12,14,17H,7,9-10,13H2,1-5H3. The molecule has 0 radical (unpaired) electrons. The Labute approximate surface area is 187 Å². The molecule has 1 aliphatic carbocycles. The van der Waals surface area contributed by atoms with Gasteiger partial charge in [0.2, 0.25) is 0 Å². The first-order chi connectivity index (χ1) is 15.0. The van der Waals surface area contributed by atoms with Crippen molar-refractivity contribution in [3.05, 3.63) is 64.5 Å². The van der Waals surface area contributed by atoms with Crippen LogP contribution >= 0.6 is 0 Å². The summed E-state index contributed by atoms with van der Waals surface area (Å²) in [7, 11) is 3.81. The fraction of sp³-hybridized carbons (Fsp3) is 0.440. The number of benzene rings is 1. The minimum Gasteiger partial charge on any atom is -0.444 e. The van der Waals surface area contributed by atoms with Crippen LogP contribution in [0.1, 0.15) is 49.6 Å². The number of amides is 1. The lowest BCUT2D eigenvalue weighted by atomic mass is 9.90. The van der Waals surface area contributed by atoms with Crippen LogP contribution in [-0.2, 0) is 31.0 Å². The summed E-state index contributed by atoms with van der Waals surface area (Å²) in [6.07, 6.45) is 4.36. The van der Waals surface area contributed by atoms with Crippen molar-refractivity contribution in [3.8, 4) is 0 Å². The first kappa shape index (κ1) is 22.2. The average Bonchev–Trinajstić information content (AvgIpc) is 3.00. The van der Waals surface area contributed by atoms with E-state index in [-0.39, 0.29) is 12.1 Å². The fourth-order valence-corrected chi connectivity index (χ4v) is 4.46. The normalized spacial score (nSPS) is 16.2. The van der Waals surface area contributed by atoms with Gasteiger partial charge in [0.05, 0.1) is 0 Å². The van der Waals surface area contributed by atoms with Gasteiger partial charge < -0.3 is 14.2 Å². The van der Waals surface area contributed by atoms with Gasteiger partial charge in [-0.25, -0.2) is 18.6 Å². The van der Waals surface area contributed by atoms with Crippen molar-refractivity contribution < 1.29 is 18.3 Å². The minimum atomic E-state index is -0.848. The van der Waals surface area contributed by atoms with Crippen molar-refractivity contribution in [2.75, 3.05) is 7.05 Å². The van der Waals surface area contributed by atoms with Gasteiger partial charge in [-0.2, -0.15) is 0 Å². The Bertz CT molecular complexity index is 1180. The third-order valence-electron chi connectivity index (χ3n) is 6.09. The highest BCUT2D eigenvalue weighted by Crippen LogP contribution is 2.33. The maximum Gasteiger partial charge on any atom is 0.410 e. The van der Waals surface area contributed by atoms with E-state index < -0.39 is 17.2 Å². The van der Waals surface area contributed by atoms with Crippen LogP contribution in [0.4, 0.5) is 13.6 Å². The molecule has 0 saturated carbocycles. The van der Waals surface area contributed by atoms with Gasteiger partial charge >= 0.3 is 6.09 Å². The van der Waals surface area contributed by atoms with Crippen molar-refractivity contribution in [2.45, 2.75) is 58.1 Å². The van der Waals surface area contributed by atoms with Crippen molar-refractivity contribution >= 4 is 17.1 Å². The van der Waals surface area contributed by atoms with Crippen LogP contribution in [0.2, 0.25) is 0 Å². The summed E-state index contributed by atoms with van der Waals surface area (Å²) >= 11 is 0. The van der Waals surface area contributed by atoms with E-state index in [4.69, 9.17) is 4.74 Å². The summed E-state index contributed by atoms with van der Waals surface area (Å²) < 4.78 is 34.5. The number of pyridine rings is 1. The Morgan fingerprint density at radius 2 is 1.97 bits per heavy atom. The number of carbonyl (C=O) groups excluding carboxylic acids is 1. The summed E-state index contributed by atoms with van der Waals surface area (Å²) in [4.78, 5) is 18.9. The summed E-state index contributed by atoms with van der Waals surface area (Å²) in [6.45, 7) is 5.59. The predicted molar refractivity (Wildman–Crippen MR) is 120 cm³/mol. The molecule has 32 heavy (non-hydrogen) atoms. The van der Waals surface area contributed by atoms with E-state index in [9.17, 15) is 13.6 Å². The van der Waals surface area contributed by atoms with Crippen LogP contribution in [0.15, 0.2) is 30.5 Å². The van der Waals surface area contributed by atoms with E-state index >= 15 is 0 Å². The van der Waals surface area contributed by atoms with E-state index in [1.54, 1.807) is 24.2 Å². The summed E-state index contributed by atoms with van der Waals surface area (Å²) in [6, 6.07) is 6.09. The smallest absolute Gasteiger partial charge is 0.410 e. The van der Waals surface area contributed by atoms with E-state index in [0.717, 1.165) is 41.9 Å². The molecular formula is C25H29F2N3O2. The van der Waals surface area contributed by atoms with Crippen LogP contribution in [0, 0.1) is 11.6 Å². The van der Waals surface area contributed by atoms with Gasteiger partial charge in [0.25, 0.3) is 0 Å². The molecule has 5 nitrogen and oxygen atoms in total. The minimum absolute atomic E-state index is 0.0396. The lowest BCUT2D eigenvalue weighted by Crippen LogP contribution is -2.43. The molecule has 0 spiro atoms. The molecule has 1 aromatic carbocycles. The van der Waals surface area contributed by atoms with Gasteiger partial charge in [0.15, 0.2) is 11.6 Å². The zero-order valence-electron chi connectivity index (χ0n) is 19.2. The zero-order valence-corrected chi connectivity index (χ0v) is 19.2. The largest absolute Gasteiger partial charge is 0.444 e. The predicted octanol–water partition coefficient (Wildman–Crippen LogP) is 5.17. The van der Waals surface area contributed by atoms with Crippen LogP contribution in [0.25, 0.3) is 11.0 Å². The van der Waals surface area contributed by atoms with Crippen molar-refractivity contribution in [3.63, 3.8) is 0 Å². The number of halogens is 2. The molecular weight excluding hydrogens is 412 g/mol. The lowest BCUT2D eigenvalue weighted by molar-refractivity contribution is 0.0210. The Hall–Kier alpha value is -2.96. The second-order valence-electron chi connectivity index (χ2n) is 9.61. The Kier molecular flexibility index (Phi) is 5.69. The first-order valence-electron chi connectivity index (χ1n) is 10.9. The van der Waals surface area contributed by atoms with Gasteiger partial charge in [-0.05, 0) is 81.3 Å². The topological polar surface area (TPSA) is 47.4 Å². The molecule has 1 aliphatic rings. The third kappa shape index (κ3) is 4.33. The number of fused-ring (bicyclic) bond motifs is 3. The van der Waals surface area contributed by atoms with Crippen LogP contribution < -0.4 is 0 Å². The summed E-state index contributed by atoms with van der Waals surface area (Å²) in [5.41, 5.74) is 4.39. The molecule has 4 rings (SSSR count). The molecule has 2 heterocycles. The maximum absolute atomic E-state index is 13.6. The molecule has 0 bridgehead atoms. The molecule has 1 unspecified atom stereocenters. The van der Waals surface area contributed by atoms with Crippen molar-refractivity contribution in [1.29, 1.82) is 0 Å². The number of likely N-dealkylation sites (N-methyl/N-ethyl adjacent to an activating group) is 1. The molecule has 0 fully saturated rings. The number of rotatable bonds is 3. The maximum atomic E-state index is 13.6. The SMILES string of the molecule is CN(C(=O)OC(C)(C)C)C1CCc2c(c3cc(Cc4ccc(F)c(F)c4)cnc3n2C)C1. The number of carbonyl (C=O) groups is 1. The molecule has 0 saturated heterocycles. The van der Waals surface area contributed by atoms with Gasteiger partial charge in [-0.1, -0.05) is 6.07 Å². The Balaban J connectivity index is 1.62. The highest BCUT2D eigenvalue weighted by Gasteiger charge is 2.31. The lowest BCUT2D eigenvalue weighted by Gasteiger charge is -2.33. The molecule has 0 aliphatic heterocycles.